The van der Waals surface area contributed by atoms with Crippen LogP contribution in [0.3, 0.4) is 0 Å². The average Bonchev–Trinajstić information content (AvgIpc) is 2.64. The summed E-state index contributed by atoms with van der Waals surface area (Å²) in [6.45, 7) is 0.0505. The smallest absolute Gasteiger partial charge is 0.422 e. The molecule has 0 saturated carbocycles. The normalized spacial score (nSPS) is 13.5. The lowest BCUT2D eigenvalue weighted by molar-refractivity contribution is -0.154. The van der Waals surface area contributed by atoms with E-state index in [1.165, 1.54) is 6.07 Å². The van der Waals surface area contributed by atoms with E-state index in [0.717, 1.165) is 12.3 Å². The molecule has 0 aliphatic heterocycles. The number of amides is 1. The van der Waals surface area contributed by atoms with E-state index in [4.69, 9.17) is 0 Å². The number of carboxylic acids is 1. The number of pyridine rings is 1. The van der Waals surface area contributed by atoms with E-state index in [1.807, 2.05) is 0 Å². The summed E-state index contributed by atoms with van der Waals surface area (Å²) < 4.78 is 41.3. The Labute approximate surface area is 153 Å². The molecule has 0 fully saturated rings. The maximum atomic E-state index is 12.6. The largest absolute Gasteiger partial charge is 0.479 e. The number of halogens is 3. The summed E-state index contributed by atoms with van der Waals surface area (Å²) >= 11 is 0. The Hall–Kier alpha value is -3.10. The van der Waals surface area contributed by atoms with E-state index in [0.29, 0.717) is 5.56 Å². The van der Waals surface area contributed by atoms with Crippen molar-refractivity contribution in [3.63, 3.8) is 0 Å². The molecule has 0 aliphatic rings. The Balaban J connectivity index is 2.27. The first-order valence-corrected chi connectivity index (χ1v) is 7.95. The van der Waals surface area contributed by atoms with Gasteiger partial charge in [0.1, 0.15) is 0 Å². The molecular weight excluding hydrogens is 365 g/mol. The lowest BCUT2D eigenvalue weighted by Gasteiger charge is -2.30. The highest BCUT2D eigenvalue weighted by atomic mass is 19.4. The third-order valence-corrected chi connectivity index (χ3v) is 3.87. The minimum atomic E-state index is -4.55. The quantitative estimate of drug-likeness (QED) is 0.768. The SMILES string of the molecule is CCC(NC(=O)c1ccnc(OCC(F)(F)F)c1)(C(=O)O)c1ccccc1. The summed E-state index contributed by atoms with van der Waals surface area (Å²) in [5, 5.41) is 12.2. The monoisotopic (exact) mass is 382 g/mol. The van der Waals surface area contributed by atoms with E-state index in [9.17, 15) is 27.9 Å². The zero-order valence-electron chi connectivity index (χ0n) is 14.3. The molecule has 1 unspecified atom stereocenters. The Morgan fingerprint density at radius 2 is 1.85 bits per heavy atom. The number of rotatable bonds is 7. The van der Waals surface area contributed by atoms with Crippen LogP contribution in [-0.2, 0) is 10.3 Å². The molecule has 0 radical (unpaired) electrons. The number of carbonyl (C=O) groups is 2. The standard InChI is InChI=1S/C18H17F3N2O4/c1-2-17(16(25)26,13-6-4-3-5-7-13)23-15(24)12-8-9-22-14(10-12)27-11-18(19,20)21/h3-10H,2,11H2,1H3,(H,23,24)(H,25,26). The van der Waals surface area contributed by atoms with Gasteiger partial charge in [-0.2, -0.15) is 13.2 Å². The molecule has 1 amide bonds. The van der Waals surface area contributed by atoms with Crippen LogP contribution >= 0.6 is 0 Å². The Morgan fingerprint density at radius 1 is 1.19 bits per heavy atom. The Bertz CT molecular complexity index is 812. The van der Waals surface area contributed by atoms with Crippen molar-refractivity contribution in [2.75, 3.05) is 6.61 Å². The summed E-state index contributed by atoms with van der Waals surface area (Å²) in [7, 11) is 0. The van der Waals surface area contributed by atoms with Crippen molar-refractivity contribution in [2.45, 2.75) is 25.1 Å². The van der Waals surface area contributed by atoms with Gasteiger partial charge in [0.25, 0.3) is 5.91 Å². The number of nitrogens with zero attached hydrogens (tertiary/aromatic N) is 1. The number of aromatic nitrogens is 1. The van der Waals surface area contributed by atoms with Gasteiger partial charge in [-0.05, 0) is 18.1 Å². The molecule has 1 aromatic heterocycles. The third-order valence-electron chi connectivity index (χ3n) is 3.87. The maximum absolute atomic E-state index is 12.6. The Morgan fingerprint density at radius 3 is 2.41 bits per heavy atom. The lowest BCUT2D eigenvalue weighted by atomic mass is 9.87. The van der Waals surface area contributed by atoms with Crippen LogP contribution in [0.2, 0.25) is 0 Å². The van der Waals surface area contributed by atoms with Crippen molar-refractivity contribution in [2.24, 2.45) is 0 Å². The summed E-state index contributed by atoms with van der Waals surface area (Å²) in [6, 6.07) is 10.4. The molecular formula is C18H17F3N2O4. The minimum Gasteiger partial charge on any atom is -0.479 e. The fourth-order valence-electron chi connectivity index (χ4n) is 2.47. The van der Waals surface area contributed by atoms with Gasteiger partial charge < -0.3 is 15.2 Å². The first kappa shape index (κ1) is 20.2. The van der Waals surface area contributed by atoms with Crippen LogP contribution < -0.4 is 10.1 Å². The van der Waals surface area contributed by atoms with Crippen LogP contribution in [0.25, 0.3) is 0 Å². The number of hydrogen-bond donors (Lipinski definition) is 2. The third kappa shape index (κ3) is 4.96. The van der Waals surface area contributed by atoms with Crippen molar-refractivity contribution < 1.29 is 32.6 Å². The van der Waals surface area contributed by atoms with Crippen LogP contribution in [0, 0.1) is 0 Å². The molecule has 0 spiro atoms. The predicted octanol–water partition coefficient (Wildman–Crippen LogP) is 3.14. The van der Waals surface area contributed by atoms with Gasteiger partial charge in [-0.3, -0.25) is 4.79 Å². The number of carboxylic acid groups (broad SMARTS) is 1. The molecule has 144 valence electrons. The van der Waals surface area contributed by atoms with Crippen molar-refractivity contribution in [3.8, 4) is 5.88 Å². The van der Waals surface area contributed by atoms with Crippen molar-refractivity contribution in [1.82, 2.24) is 10.3 Å². The van der Waals surface area contributed by atoms with Gasteiger partial charge >= 0.3 is 12.1 Å². The van der Waals surface area contributed by atoms with E-state index < -0.39 is 36.1 Å². The zero-order valence-corrected chi connectivity index (χ0v) is 14.3. The van der Waals surface area contributed by atoms with Gasteiger partial charge in [0.2, 0.25) is 5.88 Å². The van der Waals surface area contributed by atoms with E-state index in [2.05, 4.69) is 15.0 Å². The maximum Gasteiger partial charge on any atom is 0.422 e. The number of nitrogens with one attached hydrogen (secondary N) is 1. The van der Waals surface area contributed by atoms with Gasteiger partial charge in [0.15, 0.2) is 12.1 Å². The van der Waals surface area contributed by atoms with Crippen LogP contribution in [0.4, 0.5) is 13.2 Å². The molecule has 0 bridgehead atoms. The molecule has 1 heterocycles. The second-order valence-electron chi connectivity index (χ2n) is 5.67. The van der Waals surface area contributed by atoms with E-state index in [1.54, 1.807) is 37.3 Å². The number of hydrogen-bond acceptors (Lipinski definition) is 4. The molecule has 0 saturated heterocycles. The van der Waals surface area contributed by atoms with Gasteiger partial charge in [0.05, 0.1) is 0 Å². The lowest BCUT2D eigenvalue weighted by Crippen LogP contribution is -2.51. The molecule has 1 aromatic carbocycles. The van der Waals surface area contributed by atoms with Crippen molar-refractivity contribution in [3.05, 3.63) is 59.8 Å². The van der Waals surface area contributed by atoms with Crippen LogP contribution in [-0.4, -0.2) is 34.8 Å². The van der Waals surface area contributed by atoms with Gasteiger partial charge in [-0.25, -0.2) is 9.78 Å². The number of carbonyl (C=O) groups excluding carboxylic acids is 1. The molecule has 2 rings (SSSR count). The Kier molecular flexibility index (Phi) is 6.04. The molecule has 2 N–H and O–H groups in total. The summed E-state index contributed by atoms with van der Waals surface area (Å²) in [5.41, 5.74) is -1.39. The van der Waals surface area contributed by atoms with Crippen LogP contribution in [0.5, 0.6) is 5.88 Å². The predicted molar refractivity (Wildman–Crippen MR) is 89.3 cm³/mol. The molecule has 6 nitrogen and oxygen atoms in total. The highest BCUT2D eigenvalue weighted by Crippen LogP contribution is 2.26. The second-order valence-corrected chi connectivity index (χ2v) is 5.67. The number of aliphatic carboxylic acids is 1. The first-order valence-electron chi connectivity index (χ1n) is 7.95. The summed E-state index contributed by atoms with van der Waals surface area (Å²) in [5.74, 6) is -2.42. The van der Waals surface area contributed by atoms with Gasteiger partial charge in [0, 0.05) is 17.8 Å². The van der Waals surface area contributed by atoms with E-state index >= 15 is 0 Å². The van der Waals surface area contributed by atoms with Gasteiger partial charge in [-0.1, -0.05) is 37.3 Å². The molecule has 27 heavy (non-hydrogen) atoms. The minimum absolute atomic E-state index is 0.0562. The molecule has 1 atom stereocenters. The summed E-state index contributed by atoms with van der Waals surface area (Å²) in [4.78, 5) is 28.1. The van der Waals surface area contributed by atoms with Crippen LogP contribution in [0.15, 0.2) is 48.7 Å². The van der Waals surface area contributed by atoms with Crippen molar-refractivity contribution >= 4 is 11.9 Å². The molecule has 2 aromatic rings. The number of benzene rings is 1. The first-order chi connectivity index (χ1) is 12.7. The van der Waals surface area contributed by atoms with Crippen LogP contribution in [0.1, 0.15) is 29.3 Å². The van der Waals surface area contributed by atoms with E-state index in [-0.39, 0.29) is 12.0 Å². The molecule has 0 aliphatic carbocycles. The molecule has 9 heteroatoms. The highest BCUT2D eigenvalue weighted by molar-refractivity contribution is 5.98. The average molecular weight is 382 g/mol. The number of alkyl halides is 3. The second kappa shape index (κ2) is 8.07. The summed E-state index contributed by atoms with van der Waals surface area (Å²) in [6.07, 6.45) is -3.38. The highest BCUT2D eigenvalue weighted by Gasteiger charge is 2.40. The fourth-order valence-corrected chi connectivity index (χ4v) is 2.47. The van der Waals surface area contributed by atoms with Crippen molar-refractivity contribution in [1.29, 1.82) is 0 Å². The topological polar surface area (TPSA) is 88.5 Å². The van der Waals surface area contributed by atoms with Gasteiger partial charge in [-0.15, -0.1) is 0 Å². The number of ether oxygens (including phenoxy) is 1. The zero-order chi connectivity index (χ0) is 20.1. The fraction of sp³-hybridized carbons (Fsp3) is 0.278.